The van der Waals surface area contributed by atoms with E-state index in [-0.39, 0.29) is 5.82 Å². The topological polar surface area (TPSA) is 73.2 Å². The molecule has 3 aromatic rings. The van der Waals surface area contributed by atoms with Crippen molar-refractivity contribution in [2.75, 3.05) is 31.1 Å². The highest BCUT2D eigenvalue weighted by Crippen LogP contribution is 2.27. The second-order valence-electron chi connectivity index (χ2n) is 9.14. The van der Waals surface area contributed by atoms with Crippen molar-refractivity contribution in [3.05, 3.63) is 30.1 Å². The fourth-order valence-electron chi connectivity index (χ4n) is 4.82. The third kappa shape index (κ3) is 4.45. The number of H-pyrrole nitrogens is 1. The third-order valence-corrected chi connectivity index (χ3v) is 6.72. The largest absolute Gasteiger partial charge is 0.402 e. The molecule has 2 aliphatic rings. The quantitative estimate of drug-likeness (QED) is 0.647. The summed E-state index contributed by atoms with van der Waals surface area (Å²) in [6.45, 7) is 8.76. The molecule has 2 fully saturated rings. The summed E-state index contributed by atoms with van der Waals surface area (Å²) in [5.74, 6) is 0.176. The van der Waals surface area contributed by atoms with Crippen LogP contribution in [0.1, 0.15) is 39.5 Å². The Kier molecular flexibility index (Phi) is 5.67. The number of halogens is 1. The molecule has 4 heterocycles. The highest BCUT2D eigenvalue weighted by Gasteiger charge is 2.27. The van der Waals surface area contributed by atoms with Crippen molar-refractivity contribution in [2.45, 2.75) is 57.7 Å². The summed E-state index contributed by atoms with van der Waals surface area (Å²) in [6, 6.07) is 8.89. The molecule has 7 nitrogen and oxygen atoms in total. The lowest BCUT2D eigenvalue weighted by molar-refractivity contribution is 0.154. The molecule has 166 valence electrons. The maximum Gasteiger partial charge on any atom is 0.318 e. The summed E-state index contributed by atoms with van der Waals surface area (Å²) < 4.78 is 19.4. The van der Waals surface area contributed by atoms with Gasteiger partial charge in [-0.05, 0) is 76.9 Å². The molecule has 0 atom stereocenters. The highest BCUT2D eigenvalue weighted by atomic mass is 19.1. The number of likely N-dealkylation sites (tertiary alicyclic amines) is 1. The number of aromatic amines is 1. The van der Waals surface area contributed by atoms with Crippen LogP contribution in [0.3, 0.4) is 0 Å². The Morgan fingerprint density at radius 2 is 1.74 bits per heavy atom. The van der Waals surface area contributed by atoms with Crippen LogP contribution >= 0.6 is 0 Å². The van der Waals surface area contributed by atoms with Crippen LogP contribution in [0.25, 0.3) is 22.5 Å². The van der Waals surface area contributed by atoms with Crippen molar-refractivity contribution in [1.29, 1.82) is 0 Å². The number of benzene rings is 1. The first-order valence-electron chi connectivity index (χ1n) is 11.4. The lowest BCUT2D eigenvalue weighted by atomic mass is 9.99. The van der Waals surface area contributed by atoms with Crippen molar-refractivity contribution in [2.24, 2.45) is 0 Å². The maximum atomic E-state index is 13.4. The van der Waals surface area contributed by atoms with E-state index in [0.717, 1.165) is 36.8 Å². The molecule has 0 aliphatic carbocycles. The molecule has 0 amide bonds. The zero-order valence-electron chi connectivity index (χ0n) is 18.3. The van der Waals surface area contributed by atoms with Crippen LogP contribution in [-0.2, 0) is 0 Å². The lowest BCUT2D eigenvalue weighted by Gasteiger charge is -2.38. The Hall–Kier alpha value is -2.45. The second kappa shape index (κ2) is 8.59. The van der Waals surface area contributed by atoms with E-state index in [1.165, 1.54) is 38.1 Å². The van der Waals surface area contributed by atoms with Gasteiger partial charge in [-0.15, -0.1) is 5.10 Å². The first-order chi connectivity index (χ1) is 15.0. The van der Waals surface area contributed by atoms with Crippen LogP contribution in [0.5, 0.6) is 0 Å². The van der Waals surface area contributed by atoms with Gasteiger partial charge in [-0.3, -0.25) is 0 Å². The van der Waals surface area contributed by atoms with Gasteiger partial charge < -0.3 is 24.5 Å². The van der Waals surface area contributed by atoms with Crippen LogP contribution in [-0.4, -0.2) is 64.4 Å². The summed E-state index contributed by atoms with van der Waals surface area (Å²) in [5, 5.41) is 13.1. The summed E-state index contributed by atoms with van der Waals surface area (Å²) in [4.78, 5) is 7.96. The van der Waals surface area contributed by atoms with Crippen LogP contribution in [0.4, 0.5) is 10.4 Å². The summed E-state index contributed by atoms with van der Waals surface area (Å²) in [7, 11) is 0. The minimum absolute atomic E-state index is 0.258. The Balaban J connectivity index is 1.16. The van der Waals surface area contributed by atoms with E-state index in [4.69, 9.17) is 4.42 Å². The van der Waals surface area contributed by atoms with Crippen LogP contribution < -0.4 is 10.2 Å². The van der Waals surface area contributed by atoms with E-state index in [9.17, 15) is 4.39 Å². The van der Waals surface area contributed by atoms with Gasteiger partial charge in [0.05, 0.1) is 0 Å². The zero-order valence-corrected chi connectivity index (χ0v) is 18.3. The van der Waals surface area contributed by atoms with Gasteiger partial charge in [-0.1, -0.05) is 5.10 Å². The Morgan fingerprint density at radius 3 is 2.45 bits per heavy atom. The number of hydrogen-bond donors (Lipinski definition) is 2. The van der Waals surface area contributed by atoms with Crippen molar-refractivity contribution in [3.8, 4) is 11.6 Å². The minimum atomic E-state index is -0.258. The van der Waals surface area contributed by atoms with E-state index in [1.54, 1.807) is 6.07 Å². The molecular formula is C23H31FN6O. The number of fused-ring (bicyclic) bond motifs is 1. The van der Waals surface area contributed by atoms with Gasteiger partial charge in [0.15, 0.2) is 0 Å². The molecule has 2 saturated heterocycles. The van der Waals surface area contributed by atoms with Gasteiger partial charge in [0.1, 0.15) is 11.5 Å². The normalized spacial score (nSPS) is 19.7. The fraction of sp³-hybridized carbons (Fsp3) is 0.565. The number of anilines is 1. The van der Waals surface area contributed by atoms with Crippen LogP contribution in [0, 0.1) is 5.82 Å². The van der Waals surface area contributed by atoms with Crippen molar-refractivity contribution in [1.82, 2.24) is 25.4 Å². The molecule has 31 heavy (non-hydrogen) atoms. The van der Waals surface area contributed by atoms with Gasteiger partial charge in [0.2, 0.25) is 0 Å². The van der Waals surface area contributed by atoms with E-state index < -0.39 is 0 Å². The van der Waals surface area contributed by atoms with E-state index >= 15 is 0 Å². The Labute approximate surface area is 182 Å². The summed E-state index contributed by atoms with van der Waals surface area (Å²) in [5.41, 5.74) is 1.56. The number of hydrogen-bond acceptors (Lipinski definition) is 6. The van der Waals surface area contributed by atoms with Crippen LogP contribution in [0.2, 0.25) is 0 Å². The third-order valence-electron chi connectivity index (χ3n) is 6.72. The maximum absolute atomic E-state index is 13.4. The van der Waals surface area contributed by atoms with E-state index in [0.29, 0.717) is 35.7 Å². The standard InChI is InChI=1S/C23H31FN6O/c1-15(2)29-9-5-18(6-10-29)25-19-7-11-30(12-8-19)23-28-27-22(31-23)21-14-16-13-17(24)3-4-20(16)26-21/h3-4,13-15,18-19,25-26H,5-12H2,1-2H3. The number of nitrogens with zero attached hydrogens (tertiary/aromatic N) is 4. The fourth-order valence-corrected chi connectivity index (χ4v) is 4.82. The number of nitrogens with one attached hydrogen (secondary N) is 2. The number of rotatable bonds is 5. The molecule has 1 aromatic carbocycles. The smallest absolute Gasteiger partial charge is 0.318 e. The second-order valence-corrected chi connectivity index (χ2v) is 9.14. The van der Waals surface area contributed by atoms with Gasteiger partial charge in [-0.2, -0.15) is 0 Å². The summed E-state index contributed by atoms with van der Waals surface area (Å²) >= 11 is 0. The number of piperidine rings is 2. The highest BCUT2D eigenvalue weighted by molar-refractivity contribution is 5.84. The molecule has 8 heteroatoms. The first-order valence-corrected chi connectivity index (χ1v) is 11.4. The Morgan fingerprint density at radius 1 is 1.03 bits per heavy atom. The summed E-state index contributed by atoms with van der Waals surface area (Å²) in [6.07, 6.45) is 4.63. The van der Waals surface area contributed by atoms with Crippen molar-refractivity contribution in [3.63, 3.8) is 0 Å². The van der Waals surface area contributed by atoms with E-state index in [2.05, 4.69) is 44.1 Å². The predicted molar refractivity (Wildman–Crippen MR) is 120 cm³/mol. The Bertz CT molecular complexity index is 1010. The van der Waals surface area contributed by atoms with Gasteiger partial charge in [0, 0.05) is 42.1 Å². The predicted octanol–water partition coefficient (Wildman–Crippen LogP) is 3.79. The molecular weight excluding hydrogens is 395 g/mol. The molecule has 2 N–H and O–H groups in total. The minimum Gasteiger partial charge on any atom is -0.402 e. The SMILES string of the molecule is CC(C)N1CCC(NC2CCN(c3nnc(-c4cc5cc(F)ccc5[nH]4)o3)CC2)CC1. The monoisotopic (exact) mass is 426 g/mol. The van der Waals surface area contributed by atoms with Gasteiger partial charge >= 0.3 is 6.01 Å². The average Bonchev–Trinajstić information content (AvgIpc) is 3.41. The lowest BCUT2D eigenvalue weighted by Crippen LogP contribution is -2.50. The van der Waals surface area contributed by atoms with Gasteiger partial charge in [-0.25, -0.2) is 4.39 Å². The van der Waals surface area contributed by atoms with Crippen molar-refractivity contribution >= 4 is 16.9 Å². The molecule has 2 aliphatic heterocycles. The molecule has 0 unspecified atom stereocenters. The molecule has 0 spiro atoms. The molecule has 0 bridgehead atoms. The molecule has 0 saturated carbocycles. The van der Waals surface area contributed by atoms with Crippen molar-refractivity contribution < 1.29 is 8.81 Å². The number of aromatic nitrogens is 3. The van der Waals surface area contributed by atoms with Gasteiger partial charge in [0.25, 0.3) is 5.89 Å². The van der Waals surface area contributed by atoms with E-state index in [1.807, 2.05) is 6.07 Å². The van der Waals surface area contributed by atoms with Crippen LogP contribution in [0.15, 0.2) is 28.7 Å². The average molecular weight is 427 g/mol. The zero-order chi connectivity index (χ0) is 21.4. The first kappa shape index (κ1) is 20.5. The molecule has 5 rings (SSSR count). The molecule has 2 aromatic heterocycles. The molecule has 0 radical (unpaired) electrons.